The number of benzene rings is 2. The molecule has 0 N–H and O–H groups in total. The first-order valence-corrected chi connectivity index (χ1v) is 8.31. The zero-order valence-electron chi connectivity index (χ0n) is 14.6. The van der Waals surface area contributed by atoms with E-state index in [1.165, 1.54) is 6.07 Å². The van der Waals surface area contributed by atoms with Gasteiger partial charge in [-0.1, -0.05) is 18.2 Å². The Labute approximate surface area is 155 Å². The van der Waals surface area contributed by atoms with Gasteiger partial charge in [0.25, 0.3) is 11.8 Å². The van der Waals surface area contributed by atoms with Crippen LogP contribution >= 0.6 is 0 Å². The van der Waals surface area contributed by atoms with Crippen LogP contribution in [0, 0.1) is 11.3 Å². The predicted octanol–water partition coefficient (Wildman–Crippen LogP) is 2.56. The molecular formula is C20H16N2O5. The highest BCUT2D eigenvalue weighted by atomic mass is 16.5. The lowest BCUT2D eigenvalue weighted by Crippen LogP contribution is -2.29. The number of fused-ring (bicyclic) bond motifs is 1. The van der Waals surface area contributed by atoms with Crippen LogP contribution in [-0.2, 0) is 11.3 Å². The van der Waals surface area contributed by atoms with Crippen molar-refractivity contribution >= 4 is 17.8 Å². The van der Waals surface area contributed by atoms with Gasteiger partial charge >= 0.3 is 5.97 Å². The predicted molar refractivity (Wildman–Crippen MR) is 94.2 cm³/mol. The van der Waals surface area contributed by atoms with Crippen molar-refractivity contribution in [2.75, 3.05) is 13.2 Å². The number of hydrogen-bond acceptors (Lipinski definition) is 6. The summed E-state index contributed by atoms with van der Waals surface area (Å²) in [6.45, 7) is 1.75. The highest BCUT2D eigenvalue weighted by Crippen LogP contribution is 2.27. The molecule has 0 spiro atoms. The van der Waals surface area contributed by atoms with E-state index in [1.54, 1.807) is 49.4 Å². The van der Waals surface area contributed by atoms with Crippen LogP contribution in [0.15, 0.2) is 42.5 Å². The zero-order valence-corrected chi connectivity index (χ0v) is 14.6. The Morgan fingerprint density at radius 1 is 1.11 bits per heavy atom. The summed E-state index contributed by atoms with van der Waals surface area (Å²) in [6.07, 6.45) is 0. The lowest BCUT2D eigenvalue weighted by molar-refractivity contribution is 0.0550. The molecule has 2 aromatic carbocycles. The highest BCUT2D eigenvalue weighted by molar-refractivity contribution is 6.21. The number of nitriles is 1. The smallest absolute Gasteiger partial charge is 0.342 e. The van der Waals surface area contributed by atoms with E-state index in [2.05, 4.69) is 0 Å². The monoisotopic (exact) mass is 364 g/mol. The summed E-state index contributed by atoms with van der Waals surface area (Å²) in [5, 5.41) is 8.58. The maximum Gasteiger partial charge on any atom is 0.342 e. The van der Waals surface area contributed by atoms with Gasteiger partial charge in [0.05, 0.1) is 24.3 Å². The van der Waals surface area contributed by atoms with Crippen molar-refractivity contribution in [1.29, 1.82) is 5.26 Å². The van der Waals surface area contributed by atoms with Crippen molar-refractivity contribution in [2.24, 2.45) is 0 Å². The molecule has 1 aliphatic heterocycles. The SMILES string of the molecule is CCOc1ccc(CN2C(=O)c3ccccc3C2=O)cc1C(=O)OCC#N. The van der Waals surface area contributed by atoms with Gasteiger partial charge in [0, 0.05) is 0 Å². The second-order valence-corrected chi connectivity index (χ2v) is 5.74. The van der Waals surface area contributed by atoms with Crippen LogP contribution in [-0.4, -0.2) is 35.9 Å². The summed E-state index contributed by atoms with van der Waals surface area (Å²) < 4.78 is 10.3. The van der Waals surface area contributed by atoms with Crippen molar-refractivity contribution in [3.8, 4) is 11.8 Å². The van der Waals surface area contributed by atoms with Crippen molar-refractivity contribution < 1.29 is 23.9 Å². The third-order valence-electron chi connectivity index (χ3n) is 4.05. The molecule has 0 fully saturated rings. The summed E-state index contributed by atoms with van der Waals surface area (Å²) in [5.74, 6) is -1.15. The molecule has 2 amide bonds. The minimum Gasteiger partial charge on any atom is -0.493 e. The molecule has 0 unspecified atom stereocenters. The molecule has 0 aliphatic carbocycles. The largest absolute Gasteiger partial charge is 0.493 e. The molecule has 7 nitrogen and oxygen atoms in total. The van der Waals surface area contributed by atoms with Crippen molar-refractivity contribution in [2.45, 2.75) is 13.5 Å². The summed E-state index contributed by atoms with van der Waals surface area (Å²) in [7, 11) is 0. The van der Waals surface area contributed by atoms with Gasteiger partial charge < -0.3 is 9.47 Å². The number of nitrogens with zero attached hydrogens (tertiary/aromatic N) is 2. The Morgan fingerprint density at radius 3 is 2.37 bits per heavy atom. The standard InChI is InChI=1S/C20H16N2O5/c1-2-26-17-8-7-13(11-16(17)20(25)27-10-9-21)12-22-18(23)14-5-3-4-6-15(14)19(22)24/h3-8,11H,2,10,12H2,1H3. The molecule has 0 bridgehead atoms. The summed E-state index contributed by atoms with van der Waals surface area (Å²) >= 11 is 0. The van der Waals surface area contributed by atoms with E-state index in [-0.39, 0.29) is 30.5 Å². The Bertz CT molecular complexity index is 926. The topological polar surface area (TPSA) is 96.7 Å². The van der Waals surface area contributed by atoms with Gasteiger partial charge in [0.15, 0.2) is 6.61 Å². The minimum absolute atomic E-state index is 0.0112. The lowest BCUT2D eigenvalue weighted by atomic mass is 10.1. The van der Waals surface area contributed by atoms with Gasteiger partial charge in [0.2, 0.25) is 0 Å². The van der Waals surface area contributed by atoms with Crippen LogP contribution in [0.5, 0.6) is 5.75 Å². The van der Waals surface area contributed by atoms with Gasteiger partial charge in [0.1, 0.15) is 17.4 Å². The average Bonchev–Trinajstić information content (AvgIpc) is 2.92. The molecule has 7 heteroatoms. The van der Waals surface area contributed by atoms with Crippen LogP contribution in [0.4, 0.5) is 0 Å². The van der Waals surface area contributed by atoms with Gasteiger partial charge in [-0.2, -0.15) is 5.26 Å². The summed E-state index contributed by atoms with van der Waals surface area (Å²) in [6, 6.07) is 13.1. The van der Waals surface area contributed by atoms with Crippen LogP contribution in [0.25, 0.3) is 0 Å². The molecule has 2 aromatic rings. The van der Waals surface area contributed by atoms with E-state index in [0.717, 1.165) is 4.90 Å². The van der Waals surface area contributed by atoms with Gasteiger partial charge in [-0.3, -0.25) is 14.5 Å². The molecule has 0 atom stereocenters. The van der Waals surface area contributed by atoms with Gasteiger partial charge in [-0.25, -0.2) is 4.79 Å². The number of ether oxygens (including phenoxy) is 2. The van der Waals surface area contributed by atoms with E-state index in [0.29, 0.717) is 29.0 Å². The first-order valence-electron chi connectivity index (χ1n) is 8.31. The lowest BCUT2D eigenvalue weighted by Gasteiger charge is -2.16. The van der Waals surface area contributed by atoms with Crippen LogP contribution in [0.1, 0.15) is 43.6 Å². The molecule has 0 saturated carbocycles. The van der Waals surface area contributed by atoms with Crippen molar-refractivity contribution in [1.82, 2.24) is 4.90 Å². The highest BCUT2D eigenvalue weighted by Gasteiger charge is 2.35. The number of imide groups is 1. The Kier molecular flexibility index (Phi) is 5.18. The van der Waals surface area contributed by atoms with Crippen LogP contribution in [0.3, 0.4) is 0 Å². The third kappa shape index (κ3) is 3.51. The van der Waals surface area contributed by atoms with E-state index in [1.807, 2.05) is 0 Å². The molecule has 0 aromatic heterocycles. The zero-order chi connectivity index (χ0) is 19.4. The molecule has 1 heterocycles. The number of carbonyl (C=O) groups excluding carboxylic acids is 3. The number of hydrogen-bond donors (Lipinski definition) is 0. The van der Waals surface area contributed by atoms with Crippen molar-refractivity contribution in [3.05, 3.63) is 64.7 Å². The maximum absolute atomic E-state index is 12.5. The molecule has 0 radical (unpaired) electrons. The van der Waals surface area contributed by atoms with Crippen LogP contribution < -0.4 is 4.74 Å². The van der Waals surface area contributed by atoms with Crippen LogP contribution in [0.2, 0.25) is 0 Å². The first kappa shape index (κ1) is 18.1. The normalized spacial score (nSPS) is 12.5. The molecule has 3 rings (SSSR count). The van der Waals surface area contributed by atoms with E-state index in [4.69, 9.17) is 14.7 Å². The second-order valence-electron chi connectivity index (χ2n) is 5.74. The molecule has 27 heavy (non-hydrogen) atoms. The number of rotatable bonds is 6. The third-order valence-corrected chi connectivity index (χ3v) is 4.05. The van der Waals surface area contributed by atoms with Gasteiger partial charge in [-0.15, -0.1) is 0 Å². The maximum atomic E-state index is 12.5. The quantitative estimate of drug-likeness (QED) is 0.577. The fourth-order valence-corrected chi connectivity index (χ4v) is 2.86. The molecule has 0 saturated heterocycles. The fourth-order valence-electron chi connectivity index (χ4n) is 2.86. The first-order chi connectivity index (χ1) is 13.1. The Balaban J connectivity index is 1.88. The Morgan fingerprint density at radius 2 is 1.78 bits per heavy atom. The fraction of sp³-hybridized carbons (Fsp3) is 0.200. The minimum atomic E-state index is -0.704. The number of carbonyl (C=O) groups is 3. The Hall–Kier alpha value is -3.66. The van der Waals surface area contributed by atoms with Gasteiger partial charge in [-0.05, 0) is 36.8 Å². The molecule has 136 valence electrons. The number of amides is 2. The number of esters is 1. The molecular weight excluding hydrogens is 348 g/mol. The van der Waals surface area contributed by atoms with E-state index < -0.39 is 5.97 Å². The van der Waals surface area contributed by atoms with E-state index >= 15 is 0 Å². The summed E-state index contributed by atoms with van der Waals surface area (Å²) in [4.78, 5) is 38.3. The second kappa shape index (κ2) is 7.70. The summed E-state index contributed by atoms with van der Waals surface area (Å²) in [5.41, 5.74) is 1.43. The van der Waals surface area contributed by atoms with E-state index in [9.17, 15) is 14.4 Å². The van der Waals surface area contributed by atoms with Crippen molar-refractivity contribution in [3.63, 3.8) is 0 Å². The molecule has 1 aliphatic rings. The average molecular weight is 364 g/mol.